The summed E-state index contributed by atoms with van der Waals surface area (Å²) in [6.45, 7) is 9.89. The van der Waals surface area contributed by atoms with Crippen molar-refractivity contribution in [3.63, 3.8) is 0 Å². The number of hydrogen-bond donors (Lipinski definition) is 0. The largest absolute Gasteiger partial charge is 0.466 e. The van der Waals surface area contributed by atoms with Gasteiger partial charge in [0.15, 0.2) is 0 Å². The standard InChI is InChI=1S/C20H30N2O3/c1-14-11-17(14)19-5-3-16(25-19)4-6-20(23)22-12-15(2)18(13-22)21-7-9-24-10-8-21/h3,5,14-15,17-18H,4,6-13H2,1-2H3. The highest BCUT2D eigenvalue weighted by molar-refractivity contribution is 5.76. The maximum atomic E-state index is 12.6. The number of amides is 1. The molecular weight excluding hydrogens is 316 g/mol. The molecule has 1 aromatic rings. The zero-order chi connectivity index (χ0) is 17.4. The van der Waals surface area contributed by atoms with Crippen LogP contribution < -0.4 is 0 Å². The monoisotopic (exact) mass is 346 g/mol. The lowest BCUT2D eigenvalue weighted by atomic mass is 10.0. The highest BCUT2D eigenvalue weighted by Gasteiger charge is 2.37. The Labute approximate surface area is 150 Å². The van der Waals surface area contributed by atoms with Gasteiger partial charge in [-0.15, -0.1) is 0 Å². The van der Waals surface area contributed by atoms with Crippen LogP contribution in [-0.2, 0) is 16.0 Å². The summed E-state index contributed by atoms with van der Waals surface area (Å²) in [6.07, 6.45) is 2.50. The van der Waals surface area contributed by atoms with Crippen LogP contribution in [0.2, 0.25) is 0 Å². The molecule has 1 saturated carbocycles. The van der Waals surface area contributed by atoms with E-state index in [1.807, 2.05) is 0 Å². The highest BCUT2D eigenvalue weighted by atomic mass is 16.5. The third kappa shape index (κ3) is 3.77. The van der Waals surface area contributed by atoms with E-state index in [0.29, 0.717) is 30.7 Å². The van der Waals surface area contributed by atoms with Crippen LogP contribution in [0.25, 0.3) is 0 Å². The maximum absolute atomic E-state index is 12.6. The molecule has 1 aliphatic carbocycles. The summed E-state index contributed by atoms with van der Waals surface area (Å²) >= 11 is 0. The van der Waals surface area contributed by atoms with Crippen molar-refractivity contribution in [3.8, 4) is 0 Å². The fraction of sp³-hybridized carbons (Fsp3) is 0.750. The van der Waals surface area contributed by atoms with Gasteiger partial charge in [0.1, 0.15) is 11.5 Å². The molecule has 2 saturated heterocycles. The van der Waals surface area contributed by atoms with Gasteiger partial charge in [-0.25, -0.2) is 0 Å². The molecular formula is C20H30N2O3. The molecule has 4 atom stereocenters. The summed E-state index contributed by atoms with van der Waals surface area (Å²) < 4.78 is 11.4. The van der Waals surface area contributed by atoms with E-state index >= 15 is 0 Å². The van der Waals surface area contributed by atoms with Gasteiger partial charge in [0.05, 0.1) is 13.2 Å². The number of carbonyl (C=O) groups excluding carboxylic acids is 1. The number of aryl methyl sites for hydroxylation is 1. The first-order valence-corrected chi connectivity index (χ1v) is 9.80. The first-order chi connectivity index (χ1) is 12.1. The molecule has 4 unspecified atom stereocenters. The quantitative estimate of drug-likeness (QED) is 0.822. The lowest BCUT2D eigenvalue weighted by Gasteiger charge is -2.33. The second-order valence-corrected chi connectivity index (χ2v) is 8.12. The van der Waals surface area contributed by atoms with Gasteiger partial charge in [0.2, 0.25) is 5.91 Å². The van der Waals surface area contributed by atoms with Crippen LogP contribution in [-0.4, -0.2) is 61.1 Å². The van der Waals surface area contributed by atoms with Crippen molar-refractivity contribution in [2.75, 3.05) is 39.4 Å². The summed E-state index contributed by atoms with van der Waals surface area (Å²) in [5, 5.41) is 0. The Morgan fingerprint density at radius 2 is 1.92 bits per heavy atom. The van der Waals surface area contributed by atoms with Crippen molar-refractivity contribution >= 4 is 5.91 Å². The first-order valence-electron chi connectivity index (χ1n) is 9.80. The smallest absolute Gasteiger partial charge is 0.223 e. The summed E-state index contributed by atoms with van der Waals surface area (Å²) in [7, 11) is 0. The highest BCUT2D eigenvalue weighted by Crippen LogP contribution is 2.47. The van der Waals surface area contributed by atoms with Gasteiger partial charge in [-0.05, 0) is 30.4 Å². The molecule has 3 heterocycles. The number of furan rings is 1. The molecule has 0 spiro atoms. The van der Waals surface area contributed by atoms with E-state index in [9.17, 15) is 4.79 Å². The van der Waals surface area contributed by atoms with Crippen LogP contribution in [0, 0.1) is 11.8 Å². The molecule has 25 heavy (non-hydrogen) atoms. The van der Waals surface area contributed by atoms with Crippen LogP contribution in [0.4, 0.5) is 0 Å². The Balaban J connectivity index is 1.27. The number of morpholine rings is 1. The summed E-state index contributed by atoms with van der Waals surface area (Å²) in [5.74, 6) is 4.23. The molecule has 4 rings (SSSR count). The second-order valence-electron chi connectivity index (χ2n) is 8.12. The average Bonchev–Trinajstić information content (AvgIpc) is 3.02. The molecule has 0 radical (unpaired) electrons. The lowest BCUT2D eigenvalue weighted by molar-refractivity contribution is -0.130. The maximum Gasteiger partial charge on any atom is 0.223 e. The Morgan fingerprint density at radius 3 is 2.64 bits per heavy atom. The van der Waals surface area contributed by atoms with Gasteiger partial charge in [-0.1, -0.05) is 13.8 Å². The van der Waals surface area contributed by atoms with Gasteiger partial charge in [0.25, 0.3) is 0 Å². The number of carbonyl (C=O) groups is 1. The van der Waals surface area contributed by atoms with Crippen molar-refractivity contribution in [1.82, 2.24) is 9.80 Å². The van der Waals surface area contributed by atoms with Crippen molar-refractivity contribution in [2.45, 2.75) is 45.1 Å². The fourth-order valence-corrected chi connectivity index (χ4v) is 4.37. The van der Waals surface area contributed by atoms with E-state index in [0.717, 1.165) is 56.8 Å². The predicted octanol–water partition coefficient (Wildman–Crippen LogP) is 2.51. The van der Waals surface area contributed by atoms with E-state index < -0.39 is 0 Å². The van der Waals surface area contributed by atoms with E-state index in [2.05, 4.69) is 35.8 Å². The molecule has 0 bridgehead atoms. The third-order valence-electron chi connectivity index (χ3n) is 6.18. The zero-order valence-corrected chi connectivity index (χ0v) is 15.4. The number of nitrogens with zero attached hydrogens (tertiary/aromatic N) is 2. The summed E-state index contributed by atoms with van der Waals surface area (Å²) in [6, 6.07) is 4.64. The number of rotatable bonds is 5. The minimum Gasteiger partial charge on any atom is -0.466 e. The van der Waals surface area contributed by atoms with Gasteiger partial charge >= 0.3 is 0 Å². The molecule has 5 heteroatoms. The van der Waals surface area contributed by atoms with Crippen LogP contribution in [0.3, 0.4) is 0 Å². The van der Waals surface area contributed by atoms with E-state index in [4.69, 9.17) is 9.15 Å². The van der Waals surface area contributed by atoms with Gasteiger partial charge in [-0.2, -0.15) is 0 Å². The minimum absolute atomic E-state index is 0.264. The van der Waals surface area contributed by atoms with Crippen LogP contribution >= 0.6 is 0 Å². The molecule has 1 aromatic heterocycles. The first kappa shape index (κ1) is 17.1. The minimum atomic E-state index is 0.264. The normalized spacial score (nSPS) is 33.0. The SMILES string of the molecule is CC1CC1c1ccc(CCC(=O)N2CC(C)C(N3CCOCC3)C2)o1. The predicted molar refractivity (Wildman–Crippen MR) is 95.5 cm³/mol. The van der Waals surface area contributed by atoms with Crippen molar-refractivity contribution in [3.05, 3.63) is 23.7 Å². The summed E-state index contributed by atoms with van der Waals surface area (Å²) in [4.78, 5) is 17.2. The molecule has 0 aromatic carbocycles. The number of hydrogen-bond acceptors (Lipinski definition) is 4. The Bertz CT molecular complexity index is 608. The fourth-order valence-electron chi connectivity index (χ4n) is 4.37. The molecule has 3 aliphatic rings. The topological polar surface area (TPSA) is 45.9 Å². The van der Waals surface area contributed by atoms with Crippen molar-refractivity contribution < 1.29 is 13.9 Å². The molecule has 5 nitrogen and oxygen atoms in total. The van der Waals surface area contributed by atoms with Crippen molar-refractivity contribution in [2.24, 2.45) is 11.8 Å². The lowest BCUT2D eigenvalue weighted by Crippen LogP contribution is -2.47. The Hall–Kier alpha value is -1.33. The molecule has 1 amide bonds. The third-order valence-corrected chi connectivity index (χ3v) is 6.18. The van der Waals surface area contributed by atoms with Crippen LogP contribution in [0.1, 0.15) is 44.1 Å². The Kier molecular flexibility index (Phi) is 4.87. The van der Waals surface area contributed by atoms with E-state index in [-0.39, 0.29) is 5.91 Å². The second kappa shape index (κ2) is 7.12. The number of ether oxygens (including phenoxy) is 1. The molecule has 3 fully saturated rings. The Morgan fingerprint density at radius 1 is 1.16 bits per heavy atom. The van der Waals surface area contributed by atoms with E-state index in [1.165, 1.54) is 6.42 Å². The van der Waals surface area contributed by atoms with Crippen LogP contribution in [0.5, 0.6) is 0 Å². The van der Waals surface area contributed by atoms with Gasteiger partial charge in [-0.3, -0.25) is 9.69 Å². The van der Waals surface area contributed by atoms with Crippen molar-refractivity contribution in [1.29, 1.82) is 0 Å². The van der Waals surface area contributed by atoms with Gasteiger partial charge < -0.3 is 14.1 Å². The van der Waals surface area contributed by atoms with Gasteiger partial charge in [0, 0.05) is 51.0 Å². The zero-order valence-electron chi connectivity index (χ0n) is 15.4. The molecule has 2 aliphatic heterocycles. The average molecular weight is 346 g/mol. The number of likely N-dealkylation sites (tertiary alicyclic amines) is 1. The summed E-state index contributed by atoms with van der Waals surface area (Å²) in [5.41, 5.74) is 0. The van der Waals surface area contributed by atoms with E-state index in [1.54, 1.807) is 0 Å². The molecule has 138 valence electrons. The van der Waals surface area contributed by atoms with Crippen LogP contribution in [0.15, 0.2) is 16.5 Å². The molecule has 0 N–H and O–H groups in total.